The molecule has 1 fully saturated rings. The molecule has 0 bridgehead atoms. The number of aryl methyl sites for hydroxylation is 1. The molecule has 0 spiro atoms. The van der Waals surface area contributed by atoms with Crippen molar-refractivity contribution in [3.63, 3.8) is 0 Å². The molecule has 0 unspecified atom stereocenters. The predicted molar refractivity (Wildman–Crippen MR) is 142 cm³/mol. The van der Waals surface area contributed by atoms with Gasteiger partial charge in [0.15, 0.2) is 0 Å². The van der Waals surface area contributed by atoms with Gasteiger partial charge in [-0.1, -0.05) is 36.4 Å². The number of hydrogen-bond donors (Lipinski definition) is 0. The van der Waals surface area contributed by atoms with Crippen molar-refractivity contribution in [3.05, 3.63) is 102 Å². The van der Waals surface area contributed by atoms with Crippen molar-refractivity contribution in [2.24, 2.45) is 0 Å². The van der Waals surface area contributed by atoms with Crippen LogP contribution < -0.4 is 9.47 Å². The van der Waals surface area contributed by atoms with E-state index >= 15 is 0 Å². The lowest BCUT2D eigenvalue weighted by Crippen LogP contribution is -2.37. The zero-order chi connectivity index (χ0) is 25.6. The highest BCUT2D eigenvalue weighted by molar-refractivity contribution is 5.94. The number of aromatic nitrogens is 2. The van der Waals surface area contributed by atoms with Crippen molar-refractivity contribution in [1.82, 2.24) is 14.7 Å². The van der Waals surface area contributed by atoms with E-state index in [0.717, 1.165) is 42.1 Å². The van der Waals surface area contributed by atoms with Gasteiger partial charge in [0, 0.05) is 18.7 Å². The van der Waals surface area contributed by atoms with Crippen LogP contribution >= 0.6 is 0 Å². The average Bonchev–Trinajstić information content (AvgIpc) is 3.57. The zero-order valence-electron chi connectivity index (χ0n) is 21.2. The molecule has 190 valence electrons. The number of methoxy groups -OCH3 is 1. The number of amides is 1. The van der Waals surface area contributed by atoms with Gasteiger partial charge >= 0.3 is 0 Å². The molecule has 1 atom stereocenters. The van der Waals surface area contributed by atoms with Gasteiger partial charge in [-0.2, -0.15) is 5.10 Å². The van der Waals surface area contributed by atoms with Crippen LogP contribution in [-0.4, -0.2) is 47.0 Å². The number of carbonyl (C=O) groups excluding carboxylic acids is 1. The minimum atomic E-state index is -0.0432. The monoisotopic (exact) mass is 497 g/mol. The smallest absolute Gasteiger partial charge is 0.254 e. The molecule has 1 saturated heterocycles. The molecule has 1 aromatic heterocycles. The molecule has 7 heteroatoms. The van der Waals surface area contributed by atoms with Gasteiger partial charge in [-0.3, -0.25) is 4.79 Å². The van der Waals surface area contributed by atoms with E-state index in [0.29, 0.717) is 30.3 Å². The van der Waals surface area contributed by atoms with Crippen molar-refractivity contribution in [2.45, 2.75) is 32.4 Å². The van der Waals surface area contributed by atoms with Crippen LogP contribution in [-0.2, 0) is 11.3 Å². The van der Waals surface area contributed by atoms with Gasteiger partial charge in [-0.25, -0.2) is 4.68 Å². The lowest BCUT2D eigenvalue weighted by atomic mass is 10.1. The summed E-state index contributed by atoms with van der Waals surface area (Å²) in [7, 11) is 1.63. The van der Waals surface area contributed by atoms with Crippen LogP contribution in [0.2, 0.25) is 0 Å². The molecule has 0 saturated carbocycles. The fourth-order valence-electron chi connectivity index (χ4n) is 4.53. The van der Waals surface area contributed by atoms with Crippen LogP contribution in [0.1, 0.15) is 34.5 Å². The number of nitrogens with zero attached hydrogens (tertiary/aromatic N) is 3. The third kappa shape index (κ3) is 5.67. The molecule has 7 nitrogen and oxygen atoms in total. The maximum atomic E-state index is 13.7. The van der Waals surface area contributed by atoms with Crippen LogP contribution in [0.15, 0.2) is 84.9 Å². The molecule has 1 aliphatic rings. The molecular formula is C30H31N3O4. The SMILES string of the molecule is COc1ccc(Oc2c(CN(C[C@@H]3CCCO3)C(=O)c3ccccc3)c(C)nn2-c2ccccc2)cc1. The van der Waals surface area contributed by atoms with E-state index in [1.165, 1.54) is 0 Å². The molecule has 37 heavy (non-hydrogen) atoms. The lowest BCUT2D eigenvalue weighted by Gasteiger charge is -2.26. The molecule has 4 aromatic rings. The van der Waals surface area contributed by atoms with Crippen LogP contribution in [0.4, 0.5) is 0 Å². The van der Waals surface area contributed by atoms with Gasteiger partial charge in [0.05, 0.1) is 36.7 Å². The van der Waals surface area contributed by atoms with E-state index in [1.54, 1.807) is 11.8 Å². The highest BCUT2D eigenvalue weighted by Crippen LogP contribution is 2.33. The molecule has 3 aromatic carbocycles. The summed E-state index contributed by atoms with van der Waals surface area (Å²) in [6.07, 6.45) is 1.97. The third-order valence-corrected chi connectivity index (χ3v) is 6.52. The second-order valence-corrected chi connectivity index (χ2v) is 9.08. The summed E-state index contributed by atoms with van der Waals surface area (Å²) in [5.74, 6) is 1.93. The maximum absolute atomic E-state index is 13.7. The van der Waals surface area contributed by atoms with Crippen molar-refractivity contribution in [3.8, 4) is 23.1 Å². The molecule has 0 N–H and O–H groups in total. The Labute approximate surface area is 217 Å². The van der Waals surface area contributed by atoms with Gasteiger partial charge in [0.25, 0.3) is 5.91 Å². The fourth-order valence-corrected chi connectivity index (χ4v) is 4.53. The second kappa shape index (κ2) is 11.3. The number of benzene rings is 3. The van der Waals surface area contributed by atoms with Gasteiger partial charge in [-0.05, 0) is 68.3 Å². The first-order valence-electron chi connectivity index (χ1n) is 12.5. The standard InChI is InChI=1S/C30H31N3O4/c1-22-28(21-32(20-27-14-9-19-36-27)29(34)23-10-5-3-6-11-23)30(33(31-22)24-12-7-4-8-13-24)37-26-17-15-25(35-2)16-18-26/h3-8,10-13,15-18,27H,9,14,19-21H2,1-2H3/t27-/m0/s1. The molecule has 0 aliphatic carbocycles. The van der Waals surface area contributed by atoms with Gasteiger partial charge in [-0.15, -0.1) is 0 Å². The molecule has 1 amide bonds. The summed E-state index contributed by atoms with van der Waals surface area (Å²) in [4.78, 5) is 15.5. The first kappa shape index (κ1) is 24.6. The Balaban J connectivity index is 1.53. The summed E-state index contributed by atoms with van der Waals surface area (Å²) < 4.78 is 19.4. The summed E-state index contributed by atoms with van der Waals surface area (Å²) in [5.41, 5.74) is 3.17. The summed E-state index contributed by atoms with van der Waals surface area (Å²) >= 11 is 0. The van der Waals surface area contributed by atoms with Crippen LogP contribution in [0.3, 0.4) is 0 Å². The first-order valence-corrected chi connectivity index (χ1v) is 12.5. The summed E-state index contributed by atoms with van der Waals surface area (Å²) in [6, 6.07) is 26.7. The van der Waals surface area contributed by atoms with Crippen LogP contribution in [0.25, 0.3) is 5.69 Å². The van der Waals surface area contributed by atoms with Crippen molar-refractivity contribution in [2.75, 3.05) is 20.3 Å². The zero-order valence-corrected chi connectivity index (χ0v) is 21.2. The van der Waals surface area contributed by atoms with E-state index in [4.69, 9.17) is 19.3 Å². The Kier molecular flexibility index (Phi) is 7.51. The van der Waals surface area contributed by atoms with Gasteiger partial charge in [0.2, 0.25) is 5.88 Å². The Morgan fingerprint density at radius 3 is 2.32 bits per heavy atom. The molecule has 0 radical (unpaired) electrons. The Morgan fingerprint density at radius 1 is 1.00 bits per heavy atom. The van der Waals surface area contributed by atoms with E-state index < -0.39 is 0 Å². The van der Waals surface area contributed by atoms with Crippen LogP contribution in [0.5, 0.6) is 17.4 Å². The predicted octanol–water partition coefficient (Wildman–Crippen LogP) is 5.80. The lowest BCUT2D eigenvalue weighted by molar-refractivity contribution is 0.0505. The summed E-state index contributed by atoms with van der Waals surface area (Å²) in [5, 5.41) is 4.83. The number of carbonyl (C=O) groups is 1. The molecule has 5 rings (SSSR count). The van der Waals surface area contributed by atoms with Crippen molar-refractivity contribution >= 4 is 5.91 Å². The topological polar surface area (TPSA) is 65.8 Å². The van der Waals surface area contributed by atoms with Crippen molar-refractivity contribution < 1.29 is 19.0 Å². The van der Waals surface area contributed by atoms with E-state index in [2.05, 4.69) is 0 Å². The first-order chi connectivity index (χ1) is 18.1. The third-order valence-electron chi connectivity index (χ3n) is 6.52. The second-order valence-electron chi connectivity index (χ2n) is 9.08. The molecule has 1 aliphatic heterocycles. The largest absolute Gasteiger partial charge is 0.497 e. The van der Waals surface area contributed by atoms with Crippen LogP contribution in [0, 0.1) is 6.92 Å². The quantitative estimate of drug-likeness (QED) is 0.292. The average molecular weight is 498 g/mol. The Morgan fingerprint density at radius 2 is 1.68 bits per heavy atom. The molecule has 2 heterocycles. The van der Waals surface area contributed by atoms with Gasteiger partial charge in [0.1, 0.15) is 11.5 Å². The number of ether oxygens (including phenoxy) is 3. The minimum absolute atomic E-state index is 0.0168. The summed E-state index contributed by atoms with van der Waals surface area (Å²) in [6.45, 7) is 3.53. The normalized spacial score (nSPS) is 14.9. The maximum Gasteiger partial charge on any atom is 0.254 e. The van der Waals surface area contributed by atoms with E-state index in [1.807, 2.05) is 96.8 Å². The fraction of sp³-hybridized carbons (Fsp3) is 0.267. The Bertz CT molecular complexity index is 1310. The number of hydrogen-bond acceptors (Lipinski definition) is 5. The Hall–Kier alpha value is -4.10. The highest BCUT2D eigenvalue weighted by atomic mass is 16.5. The van der Waals surface area contributed by atoms with E-state index in [-0.39, 0.29) is 12.0 Å². The number of para-hydroxylation sites is 1. The minimum Gasteiger partial charge on any atom is -0.497 e. The van der Waals surface area contributed by atoms with Gasteiger partial charge < -0.3 is 19.1 Å². The highest BCUT2D eigenvalue weighted by Gasteiger charge is 2.27. The molecular weight excluding hydrogens is 466 g/mol. The van der Waals surface area contributed by atoms with Crippen molar-refractivity contribution in [1.29, 1.82) is 0 Å². The number of rotatable bonds is 9. The van der Waals surface area contributed by atoms with E-state index in [9.17, 15) is 4.79 Å².